The molecule has 1 aromatic heterocycles. The lowest BCUT2D eigenvalue weighted by atomic mass is 9.98. The van der Waals surface area contributed by atoms with Gasteiger partial charge in [0.2, 0.25) is 0 Å². The summed E-state index contributed by atoms with van der Waals surface area (Å²) in [5.74, 6) is 1.54. The highest BCUT2D eigenvalue weighted by molar-refractivity contribution is 6.02. The number of Topliss-reactive ketones (excluding diaryl/α,β-unsaturated/α-hetero) is 1. The fourth-order valence-corrected chi connectivity index (χ4v) is 3.03. The smallest absolute Gasteiger partial charge is 0.168 e. The van der Waals surface area contributed by atoms with Gasteiger partial charge in [-0.1, -0.05) is 12.1 Å². The molecule has 5 nitrogen and oxygen atoms in total. The van der Waals surface area contributed by atoms with E-state index < -0.39 is 0 Å². The van der Waals surface area contributed by atoms with Gasteiger partial charge in [-0.3, -0.25) is 4.79 Å². The number of benzene rings is 1. The van der Waals surface area contributed by atoms with Crippen molar-refractivity contribution in [1.82, 2.24) is 10.5 Å². The SMILES string of the molecule is CCC(=O)c1c(-c2ccc(OC)cc2)noc1CC1CCCN1. The molecule has 5 heteroatoms. The molecule has 3 rings (SSSR count). The molecular formula is C18H22N2O3. The third-order valence-electron chi connectivity index (χ3n) is 4.32. The van der Waals surface area contributed by atoms with Crippen LogP contribution in [0.2, 0.25) is 0 Å². The topological polar surface area (TPSA) is 64.4 Å². The molecular weight excluding hydrogens is 292 g/mol. The van der Waals surface area contributed by atoms with E-state index in [-0.39, 0.29) is 5.78 Å². The van der Waals surface area contributed by atoms with Gasteiger partial charge in [0.05, 0.1) is 12.7 Å². The zero-order valence-electron chi connectivity index (χ0n) is 13.6. The van der Waals surface area contributed by atoms with Crippen LogP contribution in [0.5, 0.6) is 5.75 Å². The molecule has 0 radical (unpaired) electrons. The van der Waals surface area contributed by atoms with Gasteiger partial charge in [-0.2, -0.15) is 0 Å². The van der Waals surface area contributed by atoms with Gasteiger partial charge in [0, 0.05) is 24.4 Å². The van der Waals surface area contributed by atoms with Crippen LogP contribution in [-0.2, 0) is 6.42 Å². The van der Waals surface area contributed by atoms with Crippen LogP contribution < -0.4 is 10.1 Å². The fraction of sp³-hybridized carbons (Fsp3) is 0.444. The van der Waals surface area contributed by atoms with Crippen LogP contribution in [-0.4, -0.2) is 30.6 Å². The minimum atomic E-state index is 0.0741. The number of nitrogens with zero attached hydrogens (tertiary/aromatic N) is 1. The van der Waals surface area contributed by atoms with Gasteiger partial charge < -0.3 is 14.6 Å². The summed E-state index contributed by atoms with van der Waals surface area (Å²) in [6.07, 6.45) is 3.43. The summed E-state index contributed by atoms with van der Waals surface area (Å²) in [4.78, 5) is 12.4. The molecule has 1 aliphatic rings. The Labute approximate surface area is 136 Å². The van der Waals surface area contributed by atoms with Crippen molar-refractivity contribution in [2.75, 3.05) is 13.7 Å². The number of ether oxygens (including phenoxy) is 1. The molecule has 1 aromatic carbocycles. The van der Waals surface area contributed by atoms with Crippen LogP contribution in [0.1, 0.15) is 42.3 Å². The normalized spacial score (nSPS) is 17.4. The van der Waals surface area contributed by atoms with Gasteiger partial charge in [0.1, 0.15) is 17.2 Å². The standard InChI is InChI=1S/C18H22N2O3/c1-3-15(21)17-16(11-13-5-4-10-19-13)23-20-18(17)12-6-8-14(22-2)9-7-12/h6-9,13,19H,3-5,10-11H2,1-2H3. The summed E-state index contributed by atoms with van der Waals surface area (Å²) < 4.78 is 10.7. The number of carbonyl (C=O) groups excluding carboxylic acids is 1. The summed E-state index contributed by atoms with van der Waals surface area (Å²) in [5.41, 5.74) is 2.14. The van der Waals surface area contributed by atoms with Crippen molar-refractivity contribution in [1.29, 1.82) is 0 Å². The van der Waals surface area contributed by atoms with Crippen LogP contribution >= 0.6 is 0 Å². The van der Waals surface area contributed by atoms with E-state index in [0.29, 0.717) is 35.9 Å². The van der Waals surface area contributed by atoms with E-state index in [1.165, 1.54) is 6.42 Å². The minimum Gasteiger partial charge on any atom is -0.497 e. The maximum absolute atomic E-state index is 12.4. The zero-order chi connectivity index (χ0) is 16.2. The van der Waals surface area contributed by atoms with Crippen LogP contribution in [0.3, 0.4) is 0 Å². The van der Waals surface area contributed by atoms with Crippen LogP contribution in [0, 0.1) is 0 Å². The average molecular weight is 314 g/mol. The average Bonchev–Trinajstić information content (AvgIpc) is 3.24. The molecule has 0 bridgehead atoms. The predicted molar refractivity (Wildman–Crippen MR) is 87.8 cm³/mol. The van der Waals surface area contributed by atoms with Crippen LogP contribution in [0.25, 0.3) is 11.3 Å². The molecule has 1 fully saturated rings. The summed E-state index contributed by atoms with van der Waals surface area (Å²) in [7, 11) is 1.63. The van der Waals surface area contributed by atoms with E-state index in [4.69, 9.17) is 9.26 Å². The third kappa shape index (κ3) is 3.29. The lowest BCUT2D eigenvalue weighted by molar-refractivity contribution is 0.0986. The molecule has 1 aliphatic heterocycles. The Morgan fingerprint density at radius 2 is 2.17 bits per heavy atom. The number of hydrogen-bond donors (Lipinski definition) is 1. The van der Waals surface area contributed by atoms with E-state index in [0.717, 1.165) is 24.3 Å². The molecule has 1 unspecified atom stereocenters. The zero-order valence-corrected chi connectivity index (χ0v) is 13.6. The van der Waals surface area contributed by atoms with E-state index in [9.17, 15) is 4.79 Å². The van der Waals surface area contributed by atoms with Gasteiger partial charge in [-0.05, 0) is 43.7 Å². The molecule has 0 amide bonds. The number of rotatable bonds is 6. The van der Waals surface area contributed by atoms with Crippen molar-refractivity contribution in [2.24, 2.45) is 0 Å². The Morgan fingerprint density at radius 3 is 2.78 bits per heavy atom. The Morgan fingerprint density at radius 1 is 1.39 bits per heavy atom. The molecule has 122 valence electrons. The van der Waals surface area contributed by atoms with Gasteiger partial charge in [0.25, 0.3) is 0 Å². The number of carbonyl (C=O) groups is 1. The van der Waals surface area contributed by atoms with E-state index in [1.807, 2.05) is 31.2 Å². The second-order valence-electron chi connectivity index (χ2n) is 5.83. The molecule has 23 heavy (non-hydrogen) atoms. The molecule has 2 aromatic rings. The maximum Gasteiger partial charge on any atom is 0.168 e. The summed E-state index contributed by atoms with van der Waals surface area (Å²) in [6.45, 7) is 2.89. The van der Waals surface area contributed by atoms with Gasteiger partial charge >= 0.3 is 0 Å². The summed E-state index contributed by atoms with van der Waals surface area (Å²) in [5, 5.41) is 7.63. The minimum absolute atomic E-state index is 0.0741. The second-order valence-corrected chi connectivity index (χ2v) is 5.83. The molecule has 1 saturated heterocycles. The predicted octanol–water partition coefficient (Wildman–Crippen LogP) is 3.24. The van der Waals surface area contributed by atoms with Crippen molar-refractivity contribution < 1.29 is 14.1 Å². The highest BCUT2D eigenvalue weighted by Gasteiger charge is 2.26. The second kappa shape index (κ2) is 6.96. The van der Waals surface area contributed by atoms with E-state index in [2.05, 4.69) is 10.5 Å². The highest BCUT2D eigenvalue weighted by atomic mass is 16.5. The summed E-state index contributed by atoms with van der Waals surface area (Å²) in [6, 6.07) is 7.90. The Kier molecular flexibility index (Phi) is 4.76. The van der Waals surface area contributed by atoms with Gasteiger partial charge in [-0.15, -0.1) is 0 Å². The van der Waals surface area contributed by atoms with Crippen molar-refractivity contribution in [3.8, 4) is 17.0 Å². The van der Waals surface area contributed by atoms with Crippen LogP contribution in [0.4, 0.5) is 0 Å². The number of aromatic nitrogens is 1. The lowest BCUT2D eigenvalue weighted by Gasteiger charge is -2.08. The maximum atomic E-state index is 12.4. The number of hydrogen-bond acceptors (Lipinski definition) is 5. The molecule has 1 atom stereocenters. The monoisotopic (exact) mass is 314 g/mol. The highest BCUT2D eigenvalue weighted by Crippen LogP contribution is 2.29. The summed E-state index contributed by atoms with van der Waals surface area (Å²) >= 11 is 0. The molecule has 2 heterocycles. The third-order valence-corrected chi connectivity index (χ3v) is 4.32. The van der Waals surface area contributed by atoms with E-state index in [1.54, 1.807) is 7.11 Å². The van der Waals surface area contributed by atoms with Crippen LogP contribution in [0.15, 0.2) is 28.8 Å². The van der Waals surface area contributed by atoms with Crippen molar-refractivity contribution in [3.05, 3.63) is 35.6 Å². The number of ketones is 1. The van der Waals surface area contributed by atoms with Crippen molar-refractivity contribution >= 4 is 5.78 Å². The molecule has 1 N–H and O–H groups in total. The Balaban J connectivity index is 1.95. The first-order valence-corrected chi connectivity index (χ1v) is 8.12. The lowest BCUT2D eigenvalue weighted by Crippen LogP contribution is -2.24. The first kappa shape index (κ1) is 15.7. The molecule has 0 saturated carbocycles. The van der Waals surface area contributed by atoms with E-state index >= 15 is 0 Å². The Hall–Kier alpha value is -2.14. The molecule has 0 spiro atoms. The van der Waals surface area contributed by atoms with Crippen molar-refractivity contribution in [2.45, 2.75) is 38.6 Å². The Bertz CT molecular complexity index is 670. The fourth-order valence-electron chi connectivity index (χ4n) is 3.03. The van der Waals surface area contributed by atoms with Crippen molar-refractivity contribution in [3.63, 3.8) is 0 Å². The largest absolute Gasteiger partial charge is 0.497 e. The quantitative estimate of drug-likeness (QED) is 0.829. The first-order valence-electron chi connectivity index (χ1n) is 8.12. The number of nitrogens with one attached hydrogen (secondary N) is 1. The first-order chi connectivity index (χ1) is 11.2. The number of methoxy groups -OCH3 is 1. The van der Waals surface area contributed by atoms with Gasteiger partial charge in [0.15, 0.2) is 5.78 Å². The van der Waals surface area contributed by atoms with Gasteiger partial charge in [-0.25, -0.2) is 0 Å². The molecule has 0 aliphatic carbocycles.